The van der Waals surface area contributed by atoms with Crippen molar-refractivity contribution in [1.29, 1.82) is 0 Å². The lowest BCUT2D eigenvalue weighted by atomic mass is 9.99. The van der Waals surface area contributed by atoms with Gasteiger partial charge in [-0.3, -0.25) is 14.7 Å². The number of hydrogen-bond donors (Lipinski definition) is 1. The number of hydrogen-bond acceptors (Lipinski definition) is 6. The van der Waals surface area contributed by atoms with Crippen molar-refractivity contribution in [3.8, 4) is 17.7 Å². The lowest BCUT2D eigenvalue weighted by Gasteiger charge is -2.37. The van der Waals surface area contributed by atoms with E-state index in [-0.39, 0.29) is 30.6 Å². The van der Waals surface area contributed by atoms with Gasteiger partial charge in [-0.05, 0) is 38.1 Å². The van der Waals surface area contributed by atoms with Crippen molar-refractivity contribution in [3.63, 3.8) is 0 Å². The molecule has 33 heavy (non-hydrogen) atoms. The number of pyridine rings is 2. The van der Waals surface area contributed by atoms with Crippen molar-refractivity contribution in [1.82, 2.24) is 19.8 Å². The maximum atomic E-state index is 13.4. The fourth-order valence-corrected chi connectivity index (χ4v) is 3.85. The van der Waals surface area contributed by atoms with Crippen LogP contribution in [0.1, 0.15) is 55.1 Å². The molecule has 0 radical (unpaired) electrons. The van der Waals surface area contributed by atoms with Crippen molar-refractivity contribution in [2.24, 2.45) is 5.92 Å². The molecular formula is C26H34N4O3. The summed E-state index contributed by atoms with van der Waals surface area (Å²) in [5, 5.41) is 9.80. The molecular weight excluding hydrogens is 416 g/mol. The average molecular weight is 451 g/mol. The molecule has 7 nitrogen and oxygen atoms in total. The van der Waals surface area contributed by atoms with Crippen LogP contribution in [0, 0.1) is 17.8 Å². The average Bonchev–Trinajstić information content (AvgIpc) is 2.82. The molecule has 0 bridgehead atoms. The fraction of sp³-hybridized carbons (Fsp3) is 0.500. The van der Waals surface area contributed by atoms with E-state index in [9.17, 15) is 9.90 Å². The van der Waals surface area contributed by atoms with Crippen LogP contribution in [-0.4, -0.2) is 69.7 Å². The van der Waals surface area contributed by atoms with Gasteiger partial charge in [0, 0.05) is 56.1 Å². The van der Waals surface area contributed by atoms with Crippen LogP contribution in [0.4, 0.5) is 0 Å². The lowest BCUT2D eigenvalue weighted by Crippen LogP contribution is -2.49. The van der Waals surface area contributed by atoms with Gasteiger partial charge in [0.25, 0.3) is 5.91 Å². The quantitative estimate of drug-likeness (QED) is 0.654. The Morgan fingerprint density at radius 2 is 2.21 bits per heavy atom. The van der Waals surface area contributed by atoms with Crippen LogP contribution >= 0.6 is 0 Å². The van der Waals surface area contributed by atoms with E-state index in [1.54, 1.807) is 23.4 Å². The summed E-state index contributed by atoms with van der Waals surface area (Å²) in [6, 6.07) is 5.43. The zero-order chi connectivity index (χ0) is 23.8. The second-order valence-electron chi connectivity index (χ2n) is 8.81. The smallest absolute Gasteiger partial charge is 0.259 e. The molecule has 0 unspecified atom stereocenters. The van der Waals surface area contributed by atoms with E-state index >= 15 is 0 Å². The minimum absolute atomic E-state index is 0.0401. The zero-order valence-electron chi connectivity index (χ0n) is 20.0. The van der Waals surface area contributed by atoms with E-state index in [1.807, 2.05) is 32.3 Å². The molecule has 2 aromatic rings. The maximum absolute atomic E-state index is 13.4. The number of likely N-dealkylation sites (N-methyl/N-ethyl adjacent to an activating group) is 1. The third kappa shape index (κ3) is 6.53. The fourth-order valence-electron chi connectivity index (χ4n) is 3.85. The van der Waals surface area contributed by atoms with Gasteiger partial charge in [-0.2, -0.15) is 0 Å². The van der Waals surface area contributed by atoms with Gasteiger partial charge >= 0.3 is 0 Å². The van der Waals surface area contributed by atoms with E-state index in [4.69, 9.17) is 4.74 Å². The molecule has 1 amide bonds. The molecule has 0 aromatic carbocycles. The minimum Gasteiger partial charge on any atom is -0.472 e. The van der Waals surface area contributed by atoms with Gasteiger partial charge in [-0.1, -0.05) is 31.8 Å². The van der Waals surface area contributed by atoms with E-state index in [1.165, 1.54) is 0 Å². The molecule has 1 aliphatic heterocycles. The SMILES string of the molecule is CCCC#Cc1cnc2c(c1)C(=O)N([C@H](C)CO)C[C@@H](C)[C@H](CN(C)Cc1cccnc1)O2. The topological polar surface area (TPSA) is 78.8 Å². The van der Waals surface area contributed by atoms with Crippen LogP contribution in [0.2, 0.25) is 0 Å². The Bertz CT molecular complexity index is 986. The monoisotopic (exact) mass is 450 g/mol. The van der Waals surface area contributed by atoms with Crippen molar-refractivity contribution >= 4 is 5.91 Å². The Morgan fingerprint density at radius 3 is 2.91 bits per heavy atom. The van der Waals surface area contributed by atoms with E-state index < -0.39 is 0 Å². The van der Waals surface area contributed by atoms with E-state index in [0.717, 1.165) is 24.9 Å². The standard InChI is InChI=1S/C26H34N4O3/c1-5-6-7-9-21-12-23-25(28-14-21)33-24(17-29(4)16-22-10-8-11-27-13-22)19(2)15-30(26(23)32)20(3)18-31/h8,10-14,19-20,24,31H,5-6,15-18H2,1-4H3/t19-,20-,24+/m1/s1. The normalized spacial score (nSPS) is 19.1. The van der Waals surface area contributed by atoms with Crippen LogP contribution in [0.15, 0.2) is 36.8 Å². The van der Waals surface area contributed by atoms with Gasteiger partial charge in [0.1, 0.15) is 11.7 Å². The van der Waals surface area contributed by atoms with Gasteiger partial charge in [-0.15, -0.1) is 0 Å². The summed E-state index contributed by atoms with van der Waals surface area (Å²) in [6.45, 7) is 7.77. The number of nitrogens with zero attached hydrogens (tertiary/aromatic N) is 4. The molecule has 0 fully saturated rings. The number of unbranched alkanes of at least 4 members (excludes halogenated alkanes) is 1. The maximum Gasteiger partial charge on any atom is 0.259 e. The van der Waals surface area contributed by atoms with Crippen molar-refractivity contribution < 1.29 is 14.6 Å². The van der Waals surface area contributed by atoms with E-state index in [0.29, 0.717) is 30.1 Å². The number of aliphatic hydroxyl groups excluding tert-OH is 1. The number of aliphatic hydroxyl groups is 1. The Morgan fingerprint density at radius 1 is 1.39 bits per heavy atom. The minimum atomic E-state index is -0.311. The van der Waals surface area contributed by atoms with Crippen molar-refractivity contribution in [2.45, 2.75) is 52.3 Å². The number of amides is 1. The first-order valence-corrected chi connectivity index (χ1v) is 11.6. The van der Waals surface area contributed by atoms with Crippen LogP contribution in [0.3, 0.4) is 0 Å². The molecule has 0 saturated carbocycles. The number of fused-ring (bicyclic) bond motifs is 1. The van der Waals surface area contributed by atoms with Crippen molar-refractivity contribution in [2.75, 3.05) is 26.7 Å². The second kappa shape index (κ2) is 11.8. The van der Waals surface area contributed by atoms with E-state index in [2.05, 4.69) is 40.6 Å². The summed E-state index contributed by atoms with van der Waals surface area (Å²) in [5.74, 6) is 6.37. The molecule has 1 aliphatic rings. The zero-order valence-corrected chi connectivity index (χ0v) is 20.0. The summed E-state index contributed by atoms with van der Waals surface area (Å²) in [4.78, 5) is 26.0. The summed E-state index contributed by atoms with van der Waals surface area (Å²) in [6.07, 6.45) is 6.87. The molecule has 3 rings (SSSR count). The largest absolute Gasteiger partial charge is 0.472 e. The molecule has 3 heterocycles. The van der Waals surface area contributed by atoms with Crippen LogP contribution < -0.4 is 4.74 Å². The Kier molecular flexibility index (Phi) is 8.81. The van der Waals surface area contributed by atoms with Crippen molar-refractivity contribution in [3.05, 3.63) is 53.5 Å². The van der Waals surface area contributed by atoms with Gasteiger partial charge in [0.05, 0.1) is 12.6 Å². The highest BCUT2D eigenvalue weighted by Crippen LogP contribution is 2.27. The first-order valence-electron chi connectivity index (χ1n) is 11.6. The van der Waals surface area contributed by atoms with Gasteiger partial charge in [-0.25, -0.2) is 4.98 Å². The third-order valence-corrected chi connectivity index (χ3v) is 5.80. The summed E-state index contributed by atoms with van der Waals surface area (Å²) >= 11 is 0. The Hall–Kier alpha value is -2.95. The van der Waals surface area contributed by atoms with Gasteiger partial charge in [0.2, 0.25) is 5.88 Å². The molecule has 0 aliphatic carbocycles. The second-order valence-corrected chi connectivity index (χ2v) is 8.81. The van der Waals surface area contributed by atoms with Crippen LogP contribution in [0.25, 0.3) is 0 Å². The molecule has 1 N–H and O–H groups in total. The van der Waals surface area contributed by atoms with Gasteiger partial charge < -0.3 is 14.7 Å². The molecule has 7 heteroatoms. The molecule has 2 aromatic heterocycles. The molecule has 0 spiro atoms. The number of carbonyl (C=O) groups excluding carboxylic acids is 1. The summed E-state index contributed by atoms with van der Waals surface area (Å²) in [5.41, 5.74) is 2.21. The predicted molar refractivity (Wildman–Crippen MR) is 128 cm³/mol. The first-order chi connectivity index (χ1) is 15.9. The predicted octanol–water partition coefficient (Wildman–Crippen LogP) is 2.98. The Balaban J connectivity index is 1.89. The highest BCUT2D eigenvalue weighted by molar-refractivity contribution is 5.97. The summed E-state index contributed by atoms with van der Waals surface area (Å²) < 4.78 is 6.34. The van der Waals surface area contributed by atoms with Crippen LogP contribution in [-0.2, 0) is 6.54 Å². The summed E-state index contributed by atoms with van der Waals surface area (Å²) in [7, 11) is 2.04. The van der Waals surface area contributed by atoms with Crippen LogP contribution in [0.5, 0.6) is 5.88 Å². The molecule has 3 atom stereocenters. The third-order valence-electron chi connectivity index (χ3n) is 5.80. The van der Waals surface area contributed by atoms with Gasteiger partial charge in [0.15, 0.2) is 0 Å². The number of aromatic nitrogens is 2. The Labute approximate surface area is 196 Å². The lowest BCUT2D eigenvalue weighted by molar-refractivity contribution is 0.0325. The number of ether oxygens (including phenoxy) is 1. The molecule has 176 valence electrons. The number of rotatable bonds is 7. The number of carbonyl (C=O) groups is 1. The first kappa shape index (κ1) is 24.7. The molecule has 0 saturated heterocycles. The highest BCUT2D eigenvalue weighted by Gasteiger charge is 2.34. The highest BCUT2D eigenvalue weighted by atomic mass is 16.5.